The highest BCUT2D eigenvalue weighted by Gasteiger charge is 2.21. The summed E-state index contributed by atoms with van der Waals surface area (Å²) in [5.41, 5.74) is 1.53. The topological polar surface area (TPSA) is 15.3 Å². The number of thioether (sulfide) groups is 1. The van der Waals surface area contributed by atoms with Gasteiger partial charge in [0.25, 0.3) is 0 Å². The van der Waals surface area contributed by atoms with Crippen LogP contribution in [-0.2, 0) is 0 Å². The van der Waals surface area contributed by atoms with E-state index in [1.54, 1.807) is 0 Å². The molecule has 0 saturated heterocycles. The van der Waals surface area contributed by atoms with Crippen molar-refractivity contribution in [1.82, 2.24) is 10.2 Å². The fourth-order valence-electron chi connectivity index (χ4n) is 1.98. The third kappa shape index (κ3) is 3.00. The molecule has 1 aromatic rings. The van der Waals surface area contributed by atoms with Crippen LogP contribution in [0.5, 0.6) is 0 Å². The summed E-state index contributed by atoms with van der Waals surface area (Å²) in [6.07, 6.45) is 0. The molecular formula is C13H20N2S. The quantitative estimate of drug-likeness (QED) is 0.788. The van der Waals surface area contributed by atoms with Crippen LogP contribution >= 0.6 is 11.8 Å². The van der Waals surface area contributed by atoms with E-state index in [1.165, 1.54) is 16.2 Å². The molecule has 88 valence electrons. The number of hydrogen-bond donors (Lipinski definition) is 1. The zero-order valence-corrected chi connectivity index (χ0v) is 10.9. The molecule has 1 atom stereocenters. The molecule has 1 heterocycles. The maximum absolute atomic E-state index is 3.54. The molecule has 0 fully saturated rings. The lowest BCUT2D eigenvalue weighted by molar-refractivity contribution is 0.398. The molecule has 1 aliphatic rings. The Morgan fingerprint density at radius 1 is 1.38 bits per heavy atom. The number of nitrogens with zero attached hydrogens (tertiary/aromatic N) is 1. The smallest absolute Gasteiger partial charge is 0.0108 e. The van der Waals surface area contributed by atoms with Crippen LogP contribution in [0.1, 0.15) is 11.5 Å². The van der Waals surface area contributed by atoms with Gasteiger partial charge in [0.15, 0.2) is 0 Å². The van der Waals surface area contributed by atoms with Gasteiger partial charge in [-0.15, -0.1) is 11.8 Å². The van der Waals surface area contributed by atoms with E-state index in [4.69, 9.17) is 0 Å². The van der Waals surface area contributed by atoms with Crippen LogP contribution in [0.4, 0.5) is 0 Å². The molecule has 1 aromatic carbocycles. The summed E-state index contributed by atoms with van der Waals surface area (Å²) < 4.78 is 0. The summed E-state index contributed by atoms with van der Waals surface area (Å²) in [7, 11) is 4.23. The van der Waals surface area contributed by atoms with E-state index in [9.17, 15) is 0 Å². The summed E-state index contributed by atoms with van der Waals surface area (Å²) in [5.74, 6) is 1.93. The molecule has 0 aromatic heterocycles. The first-order valence-corrected chi connectivity index (χ1v) is 6.83. The van der Waals surface area contributed by atoms with Gasteiger partial charge in [-0.2, -0.15) is 0 Å². The highest BCUT2D eigenvalue weighted by atomic mass is 32.2. The number of benzene rings is 1. The van der Waals surface area contributed by atoms with E-state index in [0.717, 1.165) is 19.6 Å². The van der Waals surface area contributed by atoms with Crippen molar-refractivity contribution in [2.24, 2.45) is 0 Å². The lowest BCUT2D eigenvalue weighted by Crippen LogP contribution is -2.29. The van der Waals surface area contributed by atoms with Gasteiger partial charge in [0.1, 0.15) is 0 Å². The van der Waals surface area contributed by atoms with Gasteiger partial charge < -0.3 is 10.2 Å². The molecule has 2 nitrogen and oxygen atoms in total. The first kappa shape index (κ1) is 12.0. The second kappa shape index (κ2) is 5.71. The van der Waals surface area contributed by atoms with E-state index in [2.05, 4.69) is 48.6 Å². The van der Waals surface area contributed by atoms with Gasteiger partial charge in [-0.1, -0.05) is 18.2 Å². The largest absolute Gasteiger partial charge is 0.315 e. The summed E-state index contributed by atoms with van der Waals surface area (Å²) in [6, 6.07) is 8.79. The molecular weight excluding hydrogens is 216 g/mol. The van der Waals surface area contributed by atoms with Crippen molar-refractivity contribution in [3.05, 3.63) is 29.8 Å². The molecule has 16 heavy (non-hydrogen) atoms. The van der Waals surface area contributed by atoms with Gasteiger partial charge in [0.05, 0.1) is 0 Å². The Kier molecular flexibility index (Phi) is 4.27. The number of nitrogens with one attached hydrogen (secondary N) is 1. The van der Waals surface area contributed by atoms with Crippen molar-refractivity contribution in [2.45, 2.75) is 10.8 Å². The van der Waals surface area contributed by atoms with Crippen molar-refractivity contribution in [3.63, 3.8) is 0 Å². The van der Waals surface area contributed by atoms with Crippen LogP contribution in [0.25, 0.3) is 0 Å². The molecule has 0 amide bonds. The second-order valence-electron chi connectivity index (χ2n) is 4.55. The Morgan fingerprint density at radius 3 is 3.00 bits per heavy atom. The molecule has 2 rings (SSSR count). The number of fused-ring (bicyclic) bond motifs is 1. The van der Waals surface area contributed by atoms with Gasteiger partial charge in [-0.05, 0) is 25.7 Å². The number of likely N-dealkylation sites (N-methyl/N-ethyl adjacent to an activating group) is 1. The molecule has 0 aliphatic carbocycles. The Bertz CT molecular complexity index is 338. The fourth-order valence-corrected chi connectivity index (χ4v) is 3.23. The Labute approximate surface area is 102 Å². The van der Waals surface area contributed by atoms with Crippen molar-refractivity contribution < 1.29 is 0 Å². The lowest BCUT2D eigenvalue weighted by Gasteiger charge is -2.14. The van der Waals surface area contributed by atoms with Crippen LogP contribution < -0.4 is 5.32 Å². The minimum atomic E-state index is 0.698. The van der Waals surface area contributed by atoms with Crippen molar-refractivity contribution >= 4 is 11.8 Å². The fraction of sp³-hybridized carbons (Fsp3) is 0.538. The molecule has 3 heteroatoms. The average Bonchev–Trinajstić information content (AvgIpc) is 2.68. The van der Waals surface area contributed by atoms with Crippen LogP contribution in [0.15, 0.2) is 29.2 Å². The van der Waals surface area contributed by atoms with E-state index >= 15 is 0 Å². The molecule has 0 radical (unpaired) electrons. The first-order chi connectivity index (χ1) is 7.77. The normalized spacial score (nSPS) is 19.1. The third-order valence-electron chi connectivity index (χ3n) is 2.93. The molecule has 0 saturated carbocycles. The predicted octanol–water partition coefficient (Wildman–Crippen LogP) is 2.03. The van der Waals surface area contributed by atoms with Crippen LogP contribution in [0, 0.1) is 0 Å². The van der Waals surface area contributed by atoms with Crippen LogP contribution in [0.2, 0.25) is 0 Å². The monoisotopic (exact) mass is 236 g/mol. The Hall–Kier alpha value is -0.510. The van der Waals surface area contributed by atoms with E-state index < -0.39 is 0 Å². The van der Waals surface area contributed by atoms with Gasteiger partial charge in [0.2, 0.25) is 0 Å². The van der Waals surface area contributed by atoms with Gasteiger partial charge >= 0.3 is 0 Å². The van der Waals surface area contributed by atoms with E-state index in [0.29, 0.717) is 5.92 Å². The zero-order valence-electron chi connectivity index (χ0n) is 10.1. The van der Waals surface area contributed by atoms with Crippen molar-refractivity contribution in [1.29, 1.82) is 0 Å². The maximum Gasteiger partial charge on any atom is 0.0108 e. The molecule has 1 N–H and O–H groups in total. The number of hydrogen-bond acceptors (Lipinski definition) is 3. The van der Waals surface area contributed by atoms with Crippen molar-refractivity contribution in [2.75, 3.05) is 39.5 Å². The van der Waals surface area contributed by atoms with Gasteiger partial charge in [-0.3, -0.25) is 0 Å². The average molecular weight is 236 g/mol. The Balaban J connectivity index is 1.80. The van der Waals surface area contributed by atoms with Gasteiger partial charge in [0, 0.05) is 36.2 Å². The molecule has 1 unspecified atom stereocenters. The van der Waals surface area contributed by atoms with Crippen LogP contribution in [-0.4, -0.2) is 44.4 Å². The third-order valence-corrected chi connectivity index (χ3v) is 4.18. The van der Waals surface area contributed by atoms with Gasteiger partial charge in [-0.25, -0.2) is 0 Å². The summed E-state index contributed by atoms with van der Waals surface area (Å²) in [5, 5.41) is 3.54. The minimum Gasteiger partial charge on any atom is -0.315 e. The molecule has 0 bridgehead atoms. The molecule has 0 spiro atoms. The highest BCUT2D eigenvalue weighted by molar-refractivity contribution is 7.99. The summed E-state index contributed by atoms with van der Waals surface area (Å²) in [4.78, 5) is 3.69. The standard InChI is InChI=1S/C13H20N2S/c1-15(2)8-7-14-9-11-10-16-13-6-4-3-5-12(11)13/h3-6,11,14H,7-10H2,1-2H3. The SMILES string of the molecule is CN(C)CCNCC1CSc2ccccc21. The summed E-state index contributed by atoms with van der Waals surface area (Å²) in [6.45, 7) is 3.30. The lowest BCUT2D eigenvalue weighted by atomic mass is 10.0. The first-order valence-electron chi connectivity index (χ1n) is 5.84. The highest BCUT2D eigenvalue weighted by Crippen LogP contribution is 2.38. The maximum atomic E-state index is 3.54. The van der Waals surface area contributed by atoms with E-state index in [-0.39, 0.29) is 0 Å². The minimum absolute atomic E-state index is 0.698. The second-order valence-corrected chi connectivity index (χ2v) is 5.61. The van der Waals surface area contributed by atoms with Crippen molar-refractivity contribution in [3.8, 4) is 0 Å². The Morgan fingerprint density at radius 2 is 2.19 bits per heavy atom. The van der Waals surface area contributed by atoms with E-state index in [1.807, 2.05) is 11.8 Å². The number of rotatable bonds is 5. The summed E-state index contributed by atoms with van der Waals surface area (Å²) >= 11 is 1.99. The molecule has 1 aliphatic heterocycles. The zero-order chi connectivity index (χ0) is 11.4. The predicted molar refractivity (Wildman–Crippen MR) is 71.3 cm³/mol. The van der Waals surface area contributed by atoms with Crippen LogP contribution in [0.3, 0.4) is 0 Å².